The van der Waals surface area contributed by atoms with Crippen molar-refractivity contribution in [3.05, 3.63) is 68.7 Å². The van der Waals surface area contributed by atoms with Gasteiger partial charge >= 0.3 is 0 Å². The van der Waals surface area contributed by atoms with E-state index in [9.17, 15) is 19.7 Å². The van der Waals surface area contributed by atoms with Gasteiger partial charge in [-0.25, -0.2) is 0 Å². The van der Waals surface area contributed by atoms with E-state index >= 15 is 0 Å². The van der Waals surface area contributed by atoms with Crippen LogP contribution in [0.3, 0.4) is 0 Å². The molecule has 8 heteroatoms. The molecule has 0 fully saturated rings. The van der Waals surface area contributed by atoms with Crippen molar-refractivity contribution < 1.29 is 14.5 Å². The first kappa shape index (κ1) is 18.6. The maximum Gasteiger partial charge on any atom is 0.273 e. The predicted octanol–water partition coefficient (Wildman–Crippen LogP) is 3.04. The first-order valence-corrected chi connectivity index (χ1v) is 8.29. The van der Waals surface area contributed by atoms with Gasteiger partial charge in [0.25, 0.3) is 5.69 Å². The number of amides is 2. The highest BCUT2D eigenvalue weighted by Crippen LogP contribution is 2.18. The number of hydrogen-bond donors (Lipinski definition) is 2. The summed E-state index contributed by atoms with van der Waals surface area (Å²) in [6.07, 6.45) is 0.00414. The highest BCUT2D eigenvalue weighted by molar-refractivity contribution is 9.10. The summed E-state index contributed by atoms with van der Waals surface area (Å²) in [6, 6.07) is 13.2. The average molecular weight is 406 g/mol. The second kappa shape index (κ2) is 8.93. The maximum atomic E-state index is 11.9. The van der Waals surface area contributed by atoms with Crippen molar-refractivity contribution in [2.75, 3.05) is 11.9 Å². The number of carbonyl (C=O) groups excluding carboxylic acids is 2. The third-order valence-corrected chi connectivity index (χ3v) is 3.87. The van der Waals surface area contributed by atoms with Crippen LogP contribution in [0.4, 0.5) is 11.4 Å². The number of carbonyl (C=O) groups is 2. The quantitative estimate of drug-likeness (QED) is 0.545. The summed E-state index contributed by atoms with van der Waals surface area (Å²) in [5.74, 6) is -0.598. The van der Waals surface area contributed by atoms with Crippen molar-refractivity contribution >= 4 is 39.1 Å². The molecule has 130 valence electrons. The molecule has 0 saturated carbocycles. The van der Waals surface area contributed by atoms with E-state index in [1.165, 1.54) is 12.1 Å². The zero-order valence-electron chi connectivity index (χ0n) is 13.2. The molecule has 0 unspecified atom stereocenters. The van der Waals surface area contributed by atoms with E-state index in [-0.39, 0.29) is 36.9 Å². The van der Waals surface area contributed by atoms with Gasteiger partial charge in [-0.3, -0.25) is 19.7 Å². The van der Waals surface area contributed by atoms with Gasteiger partial charge in [0.1, 0.15) is 0 Å². The molecule has 0 aromatic heterocycles. The van der Waals surface area contributed by atoms with Gasteiger partial charge in [0.05, 0.1) is 11.3 Å². The molecule has 2 rings (SSSR count). The fraction of sp³-hybridized carbons (Fsp3) is 0.176. The summed E-state index contributed by atoms with van der Waals surface area (Å²) >= 11 is 3.31. The molecule has 2 aromatic carbocycles. The number of nitro groups is 1. The van der Waals surface area contributed by atoms with Crippen LogP contribution >= 0.6 is 15.9 Å². The van der Waals surface area contributed by atoms with Gasteiger partial charge in [-0.15, -0.1) is 0 Å². The van der Waals surface area contributed by atoms with E-state index in [2.05, 4.69) is 26.6 Å². The number of halogens is 1. The summed E-state index contributed by atoms with van der Waals surface area (Å²) in [7, 11) is 0. The van der Waals surface area contributed by atoms with Gasteiger partial charge in [0.2, 0.25) is 11.8 Å². The number of nitrogens with zero attached hydrogens (tertiary/aromatic N) is 1. The lowest BCUT2D eigenvalue weighted by molar-refractivity contribution is -0.385. The summed E-state index contributed by atoms with van der Waals surface area (Å²) in [5, 5.41) is 16.2. The van der Waals surface area contributed by atoms with E-state index in [1.54, 1.807) is 24.3 Å². The second-order valence-corrected chi connectivity index (χ2v) is 6.13. The molecule has 0 radical (unpaired) electrons. The largest absolute Gasteiger partial charge is 0.355 e. The van der Waals surface area contributed by atoms with Crippen LogP contribution in [0.2, 0.25) is 0 Å². The van der Waals surface area contributed by atoms with E-state index in [0.29, 0.717) is 11.3 Å². The Hall–Kier alpha value is -2.74. The molecule has 0 saturated heterocycles. The molecule has 7 nitrogen and oxygen atoms in total. The first-order chi connectivity index (χ1) is 12.0. The van der Waals surface area contributed by atoms with Crippen LogP contribution in [0, 0.1) is 10.1 Å². The Morgan fingerprint density at radius 2 is 1.72 bits per heavy atom. The summed E-state index contributed by atoms with van der Waals surface area (Å²) < 4.78 is 0.910. The Labute approximate surface area is 152 Å². The molecule has 0 aliphatic heterocycles. The van der Waals surface area contributed by atoms with Crippen LogP contribution in [-0.4, -0.2) is 23.3 Å². The lowest BCUT2D eigenvalue weighted by Gasteiger charge is -2.07. The van der Waals surface area contributed by atoms with Gasteiger partial charge in [-0.2, -0.15) is 0 Å². The number of benzene rings is 2. The zero-order chi connectivity index (χ0) is 18.2. The Morgan fingerprint density at radius 1 is 1.04 bits per heavy atom. The van der Waals surface area contributed by atoms with Crippen LogP contribution in [0.25, 0.3) is 0 Å². The molecule has 2 amide bonds. The minimum Gasteiger partial charge on any atom is -0.355 e. The Bertz CT molecular complexity index is 778. The highest BCUT2D eigenvalue weighted by atomic mass is 79.9. The Kier molecular flexibility index (Phi) is 6.64. The molecule has 2 aromatic rings. The minimum atomic E-state index is -0.520. The Balaban J connectivity index is 1.78. The van der Waals surface area contributed by atoms with Crippen molar-refractivity contribution in [3.63, 3.8) is 0 Å². The minimum absolute atomic E-state index is 0.0920. The molecule has 0 atom stereocenters. The van der Waals surface area contributed by atoms with Crippen LogP contribution in [0.1, 0.15) is 12.0 Å². The first-order valence-electron chi connectivity index (χ1n) is 7.50. The number of para-hydroxylation sites is 1. The number of nitrogens with one attached hydrogen (secondary N) is 2. The molecule has 2 N–H and O–H groups in total. The fourth-order valence-corrected chi connectivity index (χ4v) is 2.41. The average Bonchev–Trinajstić information content (AvgIpc) is 2.57. The predicted molar refractivity (Wildman–Crippen MR) is 97.2 cm³/mol. The lowest BCUT2D eigenvalue weighted by atomic mass is 10.1. The van der Waals surface area contributed by atoms with E-state index < -0.39 is 4.92 Å². The molecule has 0 aliphatic carbocycles. The van der Waals surface area contributed by atoms with Crippen LogP contribution in [-0.2, 0) is 16.0 Å². The van der Waals surface area contributed by atoms with Gasteiger partial charge in [0, 0.05) is 34.8 Å². The van der Waals surface area contributed by atoms with E-state index in [4.69, 9.17) is 0 Å². The lowest BCUT2D eigenvalue weighted by Crippen LogP contribution is -2.29. The normalized spacial score (nSPS) is 10.1. The van der Waals surface area contributed by atoms with Crippen LogP contribution < -0.4 is 10.6 Å². The van der Waals surface area contributed by atoms with Gasteiger partial charge < -0.3 is 10.6 Å². The fourth-order valence-electron chi connectivity index (χ4n) is 2.15. The van der Waals surface area contributed by atoms with Gasteiger partial charge in [-0.05, 0) is 24.3 Å². The summed E-state index contributed by atoms with van der Waals surface area (Å²) in [4.78, 5) is 34.1. The highest BCUT2D eigenvalue weighted by Gasteiger charge is 2.15. The standard InChI is InChI=1S/C17H16BrN3O4/c18-13-5-7-14(8-6-13)20-16(22)9-10-19-17(23)11-12-3-1-2-4-15(12)21(24)25/h1-8H,9-11H2,(H,19,23)(H,20,22). The maximum absolute atomic E-state index is 11.9. The van der Waals surface area contributed by atoms with Crippen LogP contribution in [0.15, 0.2) is 53.0 Å². The molecular formula is C17H16BrN3O4. The van der Waals surface area contributed by atoms with Crippen molar-refractivity contribution in [2.24, 2.45) is 0 Å². The van der Waals surface area contributed by atoms with Crippen molar-refractivity contribution in [3.8, 4) is 0 Å². The van der Waals surface area contributed by atoms with Crippen molar-refractivity contribution in [2.45, 2.75) is 12.8 Å². The zero-order valence-corrected chi connectivity index (χ0v) is 14.8. The molecule has 0 spiro atoms. The third-order valence-electron chi connectivity index (χ3n) is 3.34. The number of rotatable bonds is 7. The molecule has 0 bridgehead atoms. The van der Waals surface area contributed by atoms with Crippen molar-refractivity contribution in [1.29, 1.82) is 0 Å². The molecular weight excluding hydrogens is 390 g/mol. The second-order valence-electron chi connectivity index (χ2n) is 5.22. The Morgan fingerprint density at radius 3 is 2.40 bits per heavy atom. The van der Waals surface area contributed by atoms with E-state index in [0.717, 1.165) is 4.47 Å². The molecule has 0 aliphatic rings. The van der Waals surface area contributed by atoms with Gasteiger partial charge in [0.15, 0.2) is 0 Å². The summed E-state index contributed by atoms with van der Waals surface area (Å²) in [6.45, 7) is 0.155. The van der Waals surface area contributed by atoms with Gasteiger partial charge in [-0.1, -0.05) is 34.1 Å². The van der Waals surface area contributed by atoms with Crippen molar-refractivity contribution in [1.82, 2.24) is 5.32 Å². The van der Waals surface area contributed by atoms with Crippen LogP contribution in [0.5, 0.6) is 0 Å². The number of hydrogen-bond acceptors (Lipinski definition) is 4. The monoisotopic (exact) mass is 405 g/mol. The number of anilines is 1. The smallest absolute Gasteiger partial charge is 0.273 e. The number of nitro benzene ring substituents is 1. The molecule has 0 heterocycles. The van der Waals surface area contributed by atoms with E-state index in [1.807, 2.05) is 12.1 Å². The molecule has 25 heavy (non-hydrogen) atoms. The topological polar surface area (TPSA) is 101 Å². The SMILES string of the molecule is O=C(Cc1ccccc1[N+](=O)[O-])NCCC(=O)Nc1ccc(Br)cc1. The summed E-state index contributed by atoms with van der Waals surface area (Å²) in [5.41, 5.74) is 0.911. The third kappa shape index (κ3) is 6.00.